The Hall–Kier alpha value is -1.16. The number of hydrogen-bond acceptors (Lipinski definition) is 1. The summed E-state index contributed by atoms with van der Waals surface area (Å²) in [6.45, 7) is 9.69. The summed E-state index contributed by atoms with van der Waals surface area (Å²) in [6, 6.07) is 4.75. The van der Waals surface area contributed by atoms with Gasteiger partial charge in [0.1, 0.15) is 5.82 Å². The predicted molar refractivity (Wildman–Crippen MR) is 75.7 cm³/mol. The van der Waals surface area contributed by atoms with Crippen molar-refractivity contribution in [1.29, 1.82) is 0 Å². The molecule has 0 amide bonds. The van der Waals surface area contributed by atoms with Gasteiger partial charge in [-0.05, 0) is 41.7 Å². The van der Waals surface area contributed by atoms with Gasteiger partial charge < -0.3 is 9.55 Å². The van der Waals surface area contributed by atoms with Crippen molar-refractivity contribution in [3.8, 4) is 0 Å². The minimum Gasteiger partial charge on any atom is -0.330 e. The lowest BCUT2D eigenvalue weighted by atomic mass is 9.81. The van der Waals surface area contributed by atoms with E-state index in [1.807, 2.05) is 0 Å². The molecule has 0 saturated heterocycles. The van der Waals surface area contributed by atoms with Crippen molar-refractivity contribution in [2.45, 2.75) is 34.2 Å². The molecule has 1 aromatic carbocycles. The van der Waals surface area contributed by atoms with Crippen molar-refractivity contribution < 1.29 is 4.39 Å². The van der Waals surface area contributed by atoms with E-state index in [0.717, 1.165) is 17.6 Å². The van der Waals surface area contributed by atoms with Crippen LogP contribution in [-0.2, 0) is 6.54 Å². The van der Waals surface area contributed by atoms with Gasteiger partial charge >= 0.3 is 0 Å². The number of H-pyrrole nitrogens is 1. The maximum Gasteiger partial charge on any atom is 0.178 e. The smallest absolute Gasteiger partial charge is 0.178 e. The van der Waals surface area contributed by atoms with E-state index in [4.69, 9.17) is 12.2 Å². The second kappa shape index (κ2) is 4.50. The van der Waals surface area contributed by atoms with E-state index in [1.54, 1.807) is 6.07 Å². The van der Waals surface area contributed by atoms with Gasteiger partial charge in [-0.1, -0.05) is 27.7 Å². The highest BCUT2D eigenvalue weighted by atomic mass is 32.1. The summed E-state index contributed by atoms with van der Waals surface area (Å²) < 4.78 is 15.9. The summed E-state index contributed by atoms with van der Waals surface area (Å²) in [7, 11) is 0. The number of nitrogens with one attached hydrogen (secondary N) is 1. The molecular formula is C14H19FN2S. The van der Waals surface area contributed by atoms with Crippen molar-refractivity contribution in [3.05, 3.63) is 28.8 Å². The van der Waals surface area contributed by atoms with Gasteiger partial charge in [-0.15, -0.1) is 0 Å². The van der Waals surface area contributed by atoms with Gasteiger partial charge in [-0.2, -0.15) is 0 Å². The molecule has 1 N–H and O–H groups in total. The van der Waals surface area contributed by atoms with Crippen molar-refractivity contribution in [3.63, 3.8) is 0 Å². The summed E-state index contributed by atoms with van der Waals surface area (Å²) in [4.78, 5) is 3.07. The van der Waals surface area contributed by atoms with Gasteiger partial charge in [-0.25, -0.2) is 4.39 Å². The molecule has 0 atom stereocenters. The number of rotatable bonds is 3. The highest BCUT2D eigenvalue weighted by Crippen LogP contribution is 2.30. The van der Waals surface area contributed by atoms with Crippen LogP contribution < -0.4 is 0 Å². The SMILES string of the molecule is CC(C)C(C)(C)Cn1c(=S)[nH]c2cc(F)ccc21. The van der Waals surface area contributed by atoms with Crippen LogP contribution in [-0.4, -0.2) is 9.55 Å². The Morgan fingerprint density at radius 1 is 1.39 bits per heavy atom. The molecule has 98 valence electrons. The fourth-order valence-electron chi connectivity index (χ4n) is 1.88. The molecule has 2 nitrogen and oxygen atoms in total. The normalized spacial score (nSPS) is 12.6. The van der Waals surface area contributed by atoms with E-state index >= 15 is 0 Å². The Bertz CT molecular complexity index is 622. The van der Waals surface area contributed by atoms with Gasteiger partial charge in [0.2, 0.25) is 0 Å². The van der Waals surface area contributed by atoms with Crippen LogP contribution in [0.15, 0.2) is 18.2 Å². The average Bonchev–Trinajstić information content (AvgIpc) is 2.54. The molecule has 4 heteroatoms. The summed E-state index contributed by atoms with van der Waals surface area (Å²) in [6.07, 6.45) is 0. The van der Waals surface area contributed by atoms with Crippen LogP contribution in [0, 0.1) is 21.9 Å². The van der Waals surface area contributed by atoms with Gasteiger partial charge in [0, 0.05) is 6.54 Å². The second-order valence-corrected chi connectivity index (χ2v) is 6.21. The van der Waals surface area contributed by atoms with Crippen molar-refractivity contribution in [2.75, 3.05) is 0 Å². The van der Waals surface area contributed by atoms with Crippen LogP contribution in [0.4, 0.5) is 4.39 Å². The minimum absolute atomic E-state index is 0.141. The number of imidazole rings is 1. The first kappa shape index (κ1) is 13.3. The number of aromatic nitrogens is 2. The third kappa shape index (κ3) is 2.34. The molecule has 0 unspecified atom stereocenters. The quantitative estimate of drug-likeness (QED) is 0.810. The standard InChI is InChI=1S/C14H19FN2S/c1-9(2)14(3,4)8-17-12-6-5-10(15)7-11(12)16-13(17)18/h5-7,9H,8H2,1-4H3,(H,16,18). The van der Waals surface area contributed by atoms with E-state index < -0.39 is 0 Å². The van der Waals surface area contributed by atoms with Crippen LogP contribution in [0.25, 0.3) is 11.0 Å². The molecule has 0 aliphatic heterocycles. The van der Waals surface area contributed by atoms with Crippen LogP contribution in [0.2, 0.25) is 0 Å². The van der Waals surface area contributed by atoms with Crippen molar-refractivity contribution in [1.82, 2.24) is 9.55 Å². The highest BCUT2D eigenvalue weighted by molar-refractivity contribution is 7.71. The number of fused-ring (bicyclic) bond motifs is 1. The lowest BCUT2D eigenvalue weighted by Crippen LogP contribution is -2.25. The molecule has 0 radical (unpaired) electrons. The molecule has 0 fully saturated rings. The molecule has 18 heavy (non-hydrogen) atoms. The van der Waals surface area contributed by atoms with E-state index in [9.17, 15) is 4.39 Å². The van der Waals surface area contributed by atoms with Gasteiger partial charge in [-0.3, -0.25) is 0 Å². The van der Waals surface area contributed by atoms with E-state index in [-0.39, 0.29) is 11.2 Å². The lowest BCUT2D eigenvalue weighted by molar-refractivity contribution is 0.212. The summed E-state index contributed by atoms with van der Waals surface area (Å²) in [5, 5.41) is 0. The average molecular weight is 266 g/mol. The topological polar surface area (TPSA) is 20.7 Å². The predicted octanol–water partition coefficient (Wildman–Crippen LogP) is 4.52. The van der Waals surface area contributed by atoms with Crippen LogP contribution >= 0.6 is 12.2 Å². The Morgan fingerprint density at radius 3 is 2.67 bits per heavy atom. The fraction of sp³-hybridized carbons (Fsp3) is 0.500. The Kier molecular flexibility index (Phi) is 3.32. The Labute approximate surface area is 112 Å². The largest absolute Gasteiger partial charge is 0.330 e. The molecule has 1 heterocycles. The minimum atomic E-state index is -0.242. The summed E-state index contributed by atoms with van der Waals surface area (Å²) in [5.41, 5.74) is 1.87. The molecule has 0 bridgehead atoms. The van der Waals surface area contributed by atoms with Crippen molar-refractivity contribution >= 4 is 23.3 Å². The molecule has 0 saturated carbocycles. The Balaban J connectivity index is 2.52. The molecular weight excluding hydrogens is 247 g/mol. The second-order valence-electron chi connectivity index (χ2n) is 5.82. The van der Waals surface area contributed by atoms with Crippen LogP contribution in [0.5, 0.6) is 0 Å². The summed E-state index contributed by atoms with van der Waals surface area (Å²) in [5.74, 6) is 0.304. The lowest BCUT2D eigenvalue weighted by Gasteiger charge is -2.29. The van der Waals surface area contributed by atoms with Gasteiger partial charge in [0.15, 0.2) is 4.77 Å². The summed E-state index contributed by atoms with van der Waals surface area (Å²) >= 11 is 5.34. The first-order valence-corrected chi connectivity index (χ1v) is 6.60. The van der Waals surface area contributed by atoms with Gasteiger partial charge in [0.05, 0.1) is 11.0 Å². The first-order chi connectivity index (χ1) is 8.31. The van der Waals surface area contributed by atoms with Crippen LogP contribution in [0.1, 0.15) is 27.7 Å². The third-order valence-corrected chi connectivity index (χ3v) is 4.19. The molecule has 0 aliphatic rings. The number of benzene rings is 1. The first-order valence-electron chi connectivity index (χ1n) is 6.19. The fourth-order valence-corrected chi connectivity index (χ4v) is 2.16. The van der Waals surface area contributed by atoms with Crippen LogP contribution in [0.3, 0.4) is 0 Å². The number of hydrogen-bond donors (Lipinski definition) is 1. The zero-order valence-electron chi connectivity index (χ0n) is 11.2. The van der Waals surface area contributed by atoms with Gasteiger partial charge in [0.25, 0.3) is 0 Å². The Morgan fingerprint density at radius 2 is 2.06 bits per heavy atom. The number of aromatic amines is 1. The molecule has 0 spiro atoms. The zero-order valence-corrected chi connectivity index (χ0v) is 12.1. The van der Waals surface area contributed by atoms with E-state index in [1.165, 1.54) is 12.1 Å². The monoisotopic (exact) mass is 266 g/mol. The number of nitrogens with zero attached hydrogens (tertiary/aromatic N) is 1. The van der Waals surface area contributed by atoms with E-state index in [0.29, 0.717) is 10.7 Å². The maximum absolute atomic E-state index is 13.2. The molecule has 2 rings (SSSR count). The third-order valence-electron chi connectivity index (χ3n) is 3.86. The van der Waals surface area contributed by atoms with E-state index in [2.05, 4.69) is 37.2 Å². The molecule has 0 aliphatic carbocycles. The maximum atomic E-state index is 13.2. The molecule has 2 aromatic rings. The zero-order chi connectivity index (χ0) is 13.5. The van der Waals surface area contributed by atoms with Crippen molar-refractivity contribution in [2.24, 2.45) is 11.3 Å². The highest BCUT2D eigenvalue weighted by Gasteiger charge is 2.24. The number of halogens is 1. The molecule has 1 aromatic heterocycles.